The molecule has 1 rings (SSSR count). The van der Waals surface area contributed by atoms with E-state index in [0.29, 0.717) is 16.6 Å². The van der Waals surface area contributed by atoms with E-state index in [4.69, 9.17) is 15.1 Å². The first-order valence-electron chi connectivity index (χ1n) is 5.00. The van der Waals surface area contributed by atoms with Gasteiger partial charge in [-0.3, -0.25) is 0 Å². The van der Waals surface area contributed by atoms with Crippen molar-refractivity contribution in [2.75, 3.05) is 6.61 Å². The molecule has 1 aromatic rings. The summed E-state index contributed by atoms with van der Waals surface area (Å²) in [5, 5.41) is 27.1. The molecule has 0 aliphatic carbocycles. The van der Waals surface area contributed by atoms with Crippen LogP contribution in [-0.2, 0) is 4.79 Å². The molecule has 0 aliphatic heterocycles. The number of benzene rings is 1. The summed E-state index contributed by atoms with van der Waals surface area (Å²) in [5.41, 5.74) is 0.0529. The molecule has 2 N–H and O–H groups in total. The summed E-state index contributed by atoms with van der Waals surface area (Å²) in [6, 6.07) is 4.54. The van der Waals surface area contributed by atoms with Crippen LogP contribution in [0.1, 0.15) is 12.5 Å². The maximum Gasteiger partial charge on any atom is 0.346 e. The highest BCUT2D eigenvalue weighted by Gasteiger charge is 2.11. The third-order valence-electron chi connectivity index (χ3n) is 2.01. The van der Waals surface area contributed by atoms with Crippen LogP contribution in [0.3, 0.4) is 0 Å². The van der Waals surface area contributed by atoms with Crippen LogP contribution < -0.4 is 4.74 Å². The molecule has 0 radical (unpaired) electrons. The van der Waals surface area contributed by atoms with Gasteiger partial charge in [0, 0.05) is 0 Å². The molecule has 1 aromatic carbocycles. The van der Waals surface area contributed by atoms with Gasteiger partial charge in [-0.1, -0.05) is 0 Å². The summed E-state index contributed by atoms with van der Waals surface area (Å²) in [5.74, 6) is -1.15. The molecule has 0 spiro atoms. The number of carbonyl (C=O) groups is 1. The van der Waals surface area contributed by atoms with Crippen LogP contribution >= 0.6 is 15.9 Å². The molecule has 0 aromatic heterocycles. The standard InChI is InChI=1S/C12H10BrNO4/c1-2-18-10-5-7(4-9(13)11(10)15)3-8(6-14)12(16)17/h3-5,15H,2H2,1H3,(H,16,17)/b8-3-. The molecule has 6 heteroatoms. The molecule has 0 aliphatic rings. The molecule has 0 saturated heterocycles. The molecule has 94 valence electrons. The second kappa shape index (κ2) is 6.07. The van der Waals surface area contributed by atoms with Gasteiger partial charge in [-0.15, -0.1) is 0 Å². The Morgan fingerprint density at radius 1 is 1.61 bits per heavy atom. The van der Waals surface area contributed by atoms with E-state index in [2.05, 4.69) is 15.9 Å². The molecule has 0 amide bonds. The molecular weight excluding hydrogens is 302 g/mol. The summed E-state index contributed by atoms with van der Waals surface area (Å²) < 4.78 is 5.56. The largest absolute Gasteiger partial charge is 0.503 e. The van der Waals surface area contributed by atoms with Crippen LogP contribution in [0.4, 0.5) is 0 Å². The van der Waals surface area contributed by atoms with E-state index in [-0.39, 0.29) is 11.5 Å². The summed E-state index contributed by atoms with van der Waals surface area (Å²) in [4.78, 5) is 10.7. The quantitative estimate of drug-likeness (QED) is 0.658. The lowest BCUT2D eigenvalue weighted by atomic mass is 10.1. The van der Waals surface area contributed by atoms with E-state index < -0.39 is 11.5 Å². The van der Waals surface area contributed by atoms with E-state index in [1.807, 2.05) is 0 Å². The van der Waals surface area contributed by atoms with Gasteiger partial charge in [0.15, 0.2) is 11.5 Å². The van der Waals surface area contributed by atoms with Crippen molar-refractivity contribution in [1.29, 1.82) is 5.26 Å². The Kier molecular flexibility index (Phi) is 4.75. The van der Waals surface area contributed by atoms with E-state index in [9.17, 15) is 9.90 Å². The number of nitriles is 1. The minimum atomic E-state index is -1.31. The normalized spacial score (nSPS) is 10.8. The van der Waals surface area contributed by atoms with Crippen LogP contribution in [0.15, 0.2) is 22.2 Å². The number of aromatic hydroxyl groups is 1. The zero-order valence-electron chi connectivity index (χ0n) is 9.48. The number of phenols is 1. The first-order chi connectivity index (χ1) is 8.49. The van der Waals surface area contributed by atoms with Crippen LogP contribution in [0.25, 0.3) is 6.08 Å². The lowest BCUT2D eigenvalue weighted by Crippen LogP contribution is -1.98. The Labute approximate surface area is 112 Å². The summed E-state index contributed by atoms with van der Waals surface area (Å²) in [7, 11) is 0. The Morgan fingerprint density at radius 2 is 2.28 bits per heavy atom. The number of hydrogen-bond donors (Lipinski definition) is 2. The van der Waals surface area contributed by atoms with Crippen LogP contribution in [0, 0.1) is 11.3 Å². The molecule has 0 bridgehead atoms. The van der Waals surface area contributed by atoms with E-state index in [0.717, 1.165) is 0 Å². The van der Waals surface area contributed by atoms with Crippen molar-refractivity contribution >= 4 is 28.0 Å². The minimum absolute atomic E-state index is 0.0668. The van der Waals surface area contributed by atoms with Gasteiger partial charge in [-0.2, -0.15) is 5.26 Å². The lowest BCUT2D eigenvalue weighted by molar-refractivity contribution is -0.132. The summed E-state index contributed by atoms with van der Waals surface area (Å²) >= 11 is 3.13. The predicted octanol–water partition coefficient (Wildman–Crippen LogP) is 2.54. The average Bonchev–Trinajstić information content (AvgIpc) is 2.32. The zero-order chi connectivity index (χ0) is 13.7. The monoisotopic (exact) mass is 311 g/mol. The first-order valence-corrected chi connectivity index (χ1v) is 5.79. The Balaban J connectivity index is 3.27. The number of ether oxygens (including phenoxy) is 1. The second-order valence-corrected chi connectivity index (χ2v) is 4.11. The van der Waals surface area contributed by atoms with Crippen molar-refractivity contribution in [3.63, 3.8) is 0 Å². The molecular formula is C12H10BrNO4. The molecule has 0 saturated carbocycles. The molecule has 0 fully saturated rings. The van der Waals surface area contributed by atoms with Crippen molar-refractivity contribution in [3.8, 4) is 17.6 Å². The van der Waals surface area contributed by atoms with Crippen LogP contribution in [0.5, 0.6) is 11.5 Å². The number of carboxylic acid groups (broad SMARTS) is 1. The number of phenolic OH excluding ortho intramolecular Hbond substituents is 1. The third kappa shape index (κ3) is 3.25. The van der Waals surface area contributed by atoms with Gasteiger partial charge in [0.25, 0.3) is 0 Å². The van der Waals surface area contributed by atoms with E-state index in [1.165, 1.54) is 18.2 Å². The SMILES string of the molecule is CCOc1cc(/C=C(/C#N)C(=O)O)cc(Br)c1O. The van der Waals surface area contributed by atoms with Crippen molar-refractivity contribution < 1.29 is 19.7 Å². The van der Waals surface area contributed by atoms with Crippen molar-refractivity contribution in [1.82, 2.24) is 0 Å². The number of halogens is 1. The Bertz CT molecular complexity index is 546. The summed E-state index contributed by atoms with van der Waals surface area (Å²) in [6.45, 7) is 2.12. The maximum absolute atomic E-state index is 10.7. The van der Waals surface area contributed by atoms with Crippen LogP contribution in [-0.4, -0.2) is 22.8 Å². The Morgan fingerprint density at radius 3 is 2.78 bits per heavy atom. The topological polar surface area (TPSA) is 90.5 Å². The third-order valence-corrected chi connectivity index (χ3v) is 2.62. The highest BCUT2D eigenvalue weighted by atomic mass is 79.9. The fraction of sp³-hybridized carbons (Fsp3) is 0.167. The van der Waals surface area contributed by atoms with Gasteiger partial charge in [0.1, 0.15) is 11.6 Å². The predicted molar refractivity (Wildman–Crippen MR) is 68.2 cm³/mol. The van der Waals surface area contributed by atoms with E-state index in [1.54, 1.807) is 13.0 Å². The minimum Gasteiger partial charge on any atom is -0.503 e. The van der Waals surface area contributed by atoms with Crippen molar-refractivity contribution in [2.24, 2.45) is 0 Å². The molecule has 0 unspecified atom stereocenters. The number of nitrogens with zero attached hydrogens (tertiary/aromatic N) is 1. The van der Waals surface area contributed by atoms with Gasteiger partial charge in [-0.05, 0) is 46.6 Å². The molecule has 18 heavy (non-hydrogen) atoms. The Hall–Kier alpha value is -2.00. The second-order valence-electron chi connectivity index (χ2n) is 3.26. The highest BCUT2D eigenvalue weighted by Crippen LogP contribution is 2.36. The fourth-order valence-corrected chi connectivity index (χ4v) is 1.71. The van der Waals surface area contributed by atoms with Gasteiger partial charge >= 0.3 is 5.97 Å². The molecule has 0 atom stereocenters. The number of aliphatic carboxylic acids is 1. The number of rotatable bonds is 4. The molecule has 0 heterocycles. The fourth-order valence-electron chi connectivity index (χ4n) is 1.25. The zero-order valence-corrected chi connectivity index (χ0v) is 11.1. The number of carboxylic acids is 1. The smallest absolute Gasteiger partial charge is 0.346 e. The lowest BCUT2D eigenvalue weighted by Gasteiger charge is -2.08. The molecule has 5 nitrogen and oxygen atoms in total. The summed E-state index contributed by atoms with van der Waals surface area (Å²) in [6.07, 6.45) is 1.20. The van der Waals surface area contributed by atoms with Gasteiger partial charge in [-0.25, -0.2) is 4.79 Å². The van der Waals surface area contributed by atoms with Gasteiger partial charge < -0.3 is 14.9 Å². The van der Waals surface area contributed by atoms with Gasteiger partial charge in [0.2, 0.25) is 0 Å². The van der Waals surface area contributed by atoms with Crippen molar-refractivity contribution in [2.45, 2.75) is 6.92 Å². The van der Waals surface area contributed by atoms with Crippen LogP contribution in [0.2, 0.25) is 0 Å². The van der Waals surface area contributed by atoms with Crippen molar-refractivity contribution in [3.05, 3.63) is 27.7 Å². The number of hydrogen-bond acceptors (Lipinski definition) is 4. The average molecular weight is 312 g/mol. The maximum atomic E-state index is 10.7. The van der Waals surface area contributed by atoms with E-state index >= 15 is 0 Å². The van der Waals surface area contributed by atoms with Gasteiger partial charge in [0.05, 0.1) is 11.1 Å². The highest BCUT2D eigenvalue weighted by molar-refractivity contribution is 9.10. The first kappa shape index (κ1) is 14.1.